The van der Waals surface area contributed by atoms with Crippen LogP contribution in [-0.4, -0.2) is 41.0 Å². The monoisotopic (exact) mass is 358 g/mol. The van der Waals surface area contributed by atoms with Gasteiger partial charge in [0.1, 0.15) is 12.2 Å². The van der Waals surface area contributed by atoms with Crippen molar-refractivity contribution in [2.24, 2.45) is 11.8 Å². The lowest BCUT2D eigenvalue weighted by molar-refractivity contribution is -0.384. The van der Waals surface area contributed by atoms with Gasteiger partial charge in [-0.25, -0.2) is 4.90 Å². The first-order chi connectivity index (χ1) is 12.3. The minimum Gasteiger partial charge on any atom is -0.462 e. The minimum absolute atomic E-state index is 0.144. The Morgan fingerprint density at radius 3 is 2.85 bits per heavy atom. The van der Waals surface area contributed by atoms with E-state index in [4.69, 9.17) is 9.47 Å². The summed E-state index contributed by atoms with van der Waals surface area (Å²) in [7, 11) is 0. The highest BCUT2D eigenvalue weighted by atomic mass is 16.6. The average molecular weight is 358 g/mol. The first kappa shape index (κ1) is 16.4. The number of nitro groups is 1. The van der Waals surface area contributed by atoms with E-state index in [1.54, 1.807) is 12.2 Å². The lowest BCUT2D eigenvalue weighted by atomic mass is 9.77. The van der Waals surface area contributed by atoms with Gasteiger partial charge in [0, 0.05) is 19.1 Å². The molecule has 0 aromatic heterocycles. The van der Waals surface area contributed by atoms with Crippen molar-refractivity contribution >= 4 is 29.2 Å². The van der Waals surface area contributed by atoms with E-state index in [0.29, 0.717) is 0 Å². The molecule has 0 spiro atoms. The minimum atomic E-state index is -1.18. The third kappa shape index (κ3) is 2.17. The summed E-state index contributed by atoms with van der Waals surface area (Å²) in [5.41, 5.74) is -1.25. The van der Waals surface area contributed by atoms with Gasteiger partial charge >= 0.3 is 5.97 Å². The van der Waals surface area contributed by atoms with E-state index >= 15 is 0 Å². The van der Waals surface area contributed by atoms with Gasteiger partial charge < -0.3 is 9.47 Å². The number of nitrogens with zero attached hydrogens (tertiary/aromatic N) is 2. The number of nitro benzene ring substituents is 1. The molecule has 0 aliphatic carbocycles. The number of benzene rings is 1. The molecular formula is C17H14N2O7. The molecule has 4 atom stereocenters. The van der Waals surface area contributed by atoms with Crippen molar-refractivity contribution in [3.63, 3.8) is 0 Å². The largest absolute Gasteiger partial charge is 0.462 e. The third-order valence-corrected chi connectivity index (χ3v) is 4.95. The van der Waals surface area contributed by atoms with Gasteiger partial charge in [0.25, 0.3) is 5.69 Å². The number of esters is 1. The molecule has 2 bridgehead atoms. The van der Waals surface area contributed by atoms with E-state index in [-0.39, 0.29) is 18.0 Å². The molecule has 9 heteroatoms. The molecule has 3 aliphatic rings. The Bertz CT molecular complexity index is 880. The van der Waals surface area contributed by atoms with Gasteiger partial charge in [-0.1, -0.05) is 12.1 Å². The number of carbonyl (C=O) groups is 3. The number of carbonyl (C=O) groups excluding carboxylic acids is 3. The van der Waals surface area contributed by atoms with E-state index in [1.807, 2.05) is 0 Å². The Morgan fingerprint density at radius 2 is 2.15 bits per heavy atom. The Kier molecular flexibility index (Phi) is 3.45. The van der Waals surface area contributed by atoms with Crippen molar-refractivity contribution in [3.05, 3.63) is 46.5 Å². The highest BCUT2D eigenvalue weighted by Gasteiger charge is 2.68. The predicted molar refractivity (Wildman–Crippen MR) is 85.9 cm³/mol. The second kappa shape index (κ2) is 5.46. The number of imide groups is 1. The number of ether oxygens (including phenoxy) is 2. The first-order valence-electron chi connectivity index (χ1n) is 7.97. The molecule has 1 aromatic rings. The number of fused-ring (bicyclic) bond motifs is 5. The first-order valence-corrected chi connectivity index (χ1v) is 7.97. The van der Waals surface area contributed by atoms with Gasteiger partial charge in [0.15, 0.2) is 0 Å². The van der Waals surface area contributed by atoms with E-state index in [0.717, 1.165) is 4.90 Å². The predicted octanol–water partition coefficient (Wildman–Crippen LogP) is 0.971. The van der Waals surface area contributed by atoms with Crippen molar-refractivity contribution in [1.29, 1.82) is 0 Å². The number of hydrogen-bond acceptors (Lipinski definition) is 7. The maximum Gasteiger partial charge on any atom is 0.302 e. The van der Waals surface area contributed by atoms with E-state index in [9.17, 15) is 24.5 Å². The molecule has 4 rings (SSSR count). The smallest absolute Gasteiger partial charge is 0.302 e. The van der Waals surface area contributed by atoms with Gasteiger partial charge in [-0.3, -0.25) is 24.5 Å². The molecule has 0 N–H and O–H groups in total. The van der Waals surface area contributed by atoms with E-state index in [2.05, 4.69) is 0 Å². The fourth-order valence-corrected chi connectivity index (χ4v) is 3.88. The molecule has 2 saturated heterocycles. The van der Waals surface area contributed by atoms with Crippen LogP contribution in [0.25, 0.3) is 0 Å². The van der Waals surface area contributed by atoms with Crippen LogP contribution in [0.5, 0.6) is 0 Å². The van der Waals surface area contributed by atoms with Gasteiger partial charge in [0.2, 0.25) is 11.8 Å². The molecule has 9 nitrogen and oxygen atoms in total. The standard InChI is InChI=1S/C17H14N2O7/c1-9(20)25-8-17-6-5-12(26-17)13-14(17)16(22)18(15(13)21)10-3-2-4-11(7-10)19(23)24/h2-7,12-14H,8H2,1H3/t12-,13+,14-,17-/m1/s1. The van der Waals surface area contributed by atoms with Gasteiger partial charge in [0.05, 0.1) is 28.6 Å². The van der Waals surface area contributed by atoms with Crippen LogP contribution in [0.2, 0.25) is 0 Å². The Hall–Kier alpha value is -3.07. The van der Waals surface area contributed by atoms with Gasteiger partial charge in [-0.2, -0.15) is 0 Å². The molecule has 3 aliphatic heterocycles. The van der Waals surface area contributed by atoms with Crippen LogP contribution in [0.1, 0.15) is 6.92 Å². The third-order valence-electron chi connectivity index (χ3n) is 4.95. The molecule has 2 amide bonds. The van der Waals surface area contributed by atoms with Crippen LogP contribution in [0.15, 0.2) is 36.4 Å². The molecule has 134 valence electrons. The number of anilines is 1. The molecule has 3 heterocycles. The summed E-state index contributed by atoms with van der Waals surface area (Å²) in [4.78, 5) is 48.4. The average Bonchev–Trinajstić information content (AvgIpc) is 3.24. The molecule has 0 saturated carbocycles. The molecule has 0 unspecified atom stereocenters. The number of non-ortho nitro benzene ring substituents is 1. The Labute approximate surface area is 147 Å². The SMILES string of the molecule is CC(=O)OC[C@@]12C=C[C@@H](O1)[C@@H]1C(=O)N(c3cccc([N+](=O)[O-])c3)C(=O)[C@@H]12. The highest BCUT2D eigenvalue weighted by Crippen LogP contribution is 2.52. The van der Waals surface area contributed by atoms with E-state index in [1.165, 1.54) is 31.2 Å². The highest BCUT2D eigenvalue weighted by molar-refractivity contribution is 6.23. The van der Waals surface area contributed by atoms with Gasteiger partial charge in [-0.15, -0.1) is 0 Å². The van der Waals surface area contributed by atoms with Crippen molar-refractivity contribution < 1.29 is 28.8 Å². The molecule has 2 fully saturated rings. The summed E-state index contributed by atoms with van der Waals surface area (Å²) in [6.07, 6.45) is 2.76. The molecule has 1 aromatic carbocycles. The normalized spacial score (nSPS) is 31.4. The van der Waals surface area contributed by atoms with Crippen LogP contribution in [-0.2, 0) is 23.9 Å². The number of hydrogen-bond donors (Lipinski definition) is 0. The summed E-state index contributed by atoms with van der Waals surface area (Å²) >= 11 is 0. The quantitative estimate of drug-likeness (QED) is 0.259. The Balaban J connectivity index is 1.70. The zero-order chi connectivity index (χ0) is 18.6. The van der Waals surface area contributed by atoms with Crippen molar-refractivity contribution in [3.8, 4) is 0 Å². The maximum absolute atomic E-state index is 13.0. The summed E-state index contributed by atoms with van der Waals surface area (Å²) in [5.74, 6) is -3.07. The summed E-state index contributed by atoms with van der Waals surface area (Å²) in [6, 6.07) is 5.36. The van der Waals surface area contributed by atoms with Crippen molar-refractivity contribution in [1.82, 2.24) is 0 Å². The topological polar surface area (TPSA) is 116 Å². The van der Waals surface area contributed by atoms with Crippen LogP contribution >= 0.6 is 0 Å². The van der Waals surface area contributed by atoms with Crippen LogP contribution < -0.4 is 4.90 Å². The molecule has 26 heavy (non-hydrogen) atoms. The molecule has 0 radical (unpaired) electrons. The van der Waals surface area contributed by atoms with Crippen molar-refractivity contribution in [2.45, 2.75) is 18.6 Å². The fraction of sp³-hybridized carbons (Fsp3) is 0.353. The van der Waals surface area contributed by atoms with Crippen LogP contribution in [0.3, 0.4) is 0 Å². The lowest BCUT2D eigenvalue weighted by Gasteiger charge is -2.28. The molecular weight excluding hydrogens is 344 g/mol. The van der Waals surface area contributed by atoms with Gasteiger partial charge in [-0.05, 0) is 12.1 Å². The fourth-order valence-electron chi connectivity index (χ4n) is 3.88. The van der Waals surface area contributed by atoms with Crippen molar-refractivity contribution in [2.75, 3.05) is 11.5 Å². The second-order valence-electron chi connectivity index (χ2n) is 6.47. The zero-order valence-electron chi connectivity index (χ0n) is 13.7. The lowest BCUT2D eigenvalue weighted by Crippen LogP contribution is -2.44. The number of rotatable bonds is 4. The number of amides is 2. The van der Waals surface area contributed by atoms with Crippen LogP contribution in [0, 0.1) is 22.0 Å². The summed E-state index contributed by atoms with van der Waals surface area (Å²) in [6.45, 7) is 1.08. The second-order valence-corrected chi connectivity index (χ2v) is 6.47. The zero-order valence-corrected chi connectivity index (χ0v) is 13.7. The van der Waals surface area contributed by atoms with Crippen LogP contribution in [0.4, 0.5) is 11.4 Å². The maximum atomic E-state index is 13.0. The summed E-state index contributed by atoms with van der Waals surface area (Å²) in [5, 5.41) is 11.0. The Morgan fingerprint density at radius 1 is 1.38 bits per heavy atom. The van der Waals surface area contributed by atoms with E-state index < -0.39 is 46.2 Å². The summed E-state index contributed by atoms with van der Waals surface area (Å²) < 4.78 is 10.8.